The molecule has 0 bridgehead atoms. The van der Waals surface area contributed by atoms with Gasteiger partial charge in [-0.25, -0.2) is 9.78 Å². The molecule has 0 amide bonds. The molecule has 0 spiro atoms. The second kappa shape index (κ2) is 6.86. The monoisotopic (exact) mass is 415 g/mol. The van der Waals surface area contributed by atoms with E-state index in [0.717, 1.165) is 11.6 Å². The number of hydrogen-bond donors (Lipinski definition) is 1. The lowest BCUT2D eigenvalue weighted by molar-refractivity contribution is -0.131. The van der Waals surface area contributed by atoms with Gasteiger partial charge in [-0.3, -0.25) is 4.68 Å². The third-order valence-corrected chi connectivity index (χ3v) is 3.77. The molecule has 1 aromatic carbocycles. The lowest BCUT2D eigenvalue weighted by Crippen LogP contribution is -2.05. The SMILES string of the molecule is Cn1ncnc1COc1c(Br)cc(/C=C/C(=O)O)cc1Br. The normalized spacial score (nSPS) is 11.0. The summed E-state index contributed by atoms with van der Waals surface area (Å²) in [4.78, 5) is 14.6. The van der Waals surface area contributed by atoms with Crippen LogP contribution < -0.4 is 4.74 Å². The Morgan fingerprint density at radius 2 is 2.10 bits per heavy atom. The van der Waals surface area contributed by atoms with Gasteiger partial charge in [0.05, 0.1) is 8.95 Å². The minimum absolute atomic E-state index is 0.276. The van der Waals surface area contributed by atoms with Crippen molar-refractivity contribution in [2.75, 3.05) is 0 Å². The van der Waals surface area contributed by atoms with Gasteiger partial charge >= 0.3 is 5.97 Å². The van der Waals surface area contributed by atoms with Crippen molar-refractivity contribution in [2.45, 2.75) is 6.61 Å². The molecule has 0 unspecified atom stereocenters. The summed E-state index contributed by atoms with van der Waals surface area (Å²) >= 11 is 6.82. The summed E-state index contributed by atoms with van der Waals surface area (Å²) in [7, 11) is 1.79. The zero-order valence-electron chi connectivity index (χ0n) is 11.0. The molecule has 1 heterocycles. The van der Waals surface area contributed by atoms with E-state index in [1.54, 1.807) is 23.9 Å². The standard InChI is InChI=1S/C13H11Br2N3O3/c1-18-11(16-7-17-18)6-21-13-9(14)4-8(5-10(13)15)2-3-12(19)20/h2-5,7H,6H2,1H3,(H,19,20)/b3-2+. The fourth-order valence-corrected chi connectivity index (χ4v) is 3.02. The molecular weight excluding hydrogens is 406 g/mol. The van der Waals surface area contributed by atoms with Gasteiger partial charge in [0.15, 0.2) is 5.82 Å². The molecule has 0 saturated carbocycles. The van der Waals surface area contributed by atoms with Crippen LogP contribution in [0.1, 0.15) is 11.4 Å². The highest BCUT2D eigenvalue weighted by atomic mass is 79.9. The Balaban J connectivity index is 2.17. The molecule has 8 heteroatoms. The molecule has 0 atom stereocenters. The van der Waals surface area contributed by atoms with Crippen molar-refractivity contribution in [1.82, 2.24) is 14.8 Å². The first kappa shape index (κ1) is 15.7. The summed E-state index contributed by atoms with van der Waals surface area (Å²) in [6.07, 6.45) is 4.04. The Hall–Kier alpha value is -1.67. The van der Waals surface area contributed by atoms with Crippen molar-refractivity contribution in [3.8, 4) is 5.75 Å². The van der Waals surface area contributed by atoms with E-state index in [-0.39, 0.29) is 6.61 Å². The van der Waals surface area contributed by atoms with Crippen LogP contribution in [0.3, 0.4) is 0 Å². The fourth-order valence-electron chi connectivity index (χ4n) is 1.57. The number of carboxylic acids is 1. The maximum absolute atomic E-state index is 10.5. The van der Waals surface area contributed by atoms with Gasteiger partial charge in [0, 0.05) is 13.1 Å². The molecule has 0 saturated heterocycles. The Kier molecular flexibility index (Phi) is 5.13. The number of carbonyl (C=O) groups is 1. The maximum atomic E-state index is 10.5. The fraction of sp³-hybridized carbons (Fsp3) is 0.154. The van der Waals surface area contributed by atoms with Crippen LogP contribution in [0.4, 0.5) is 0 Å². The zero-order chi connectivity index (χ0) is 15.4. The number of halogens is 2. The van der Waals surface area contributed by atoms with Crippen LogP contribution in [0, 0.1) is 0 Å². The number of rotatable bonds is 5. The highest BCUT2D eigenvalue weighted by Crippen LogP contribution is 2.35. The van der Waals surface area contributed by atoms with E-state index < -0.39 is 5.97 Å². The molecule has 110 valence electrons. The molecule has 0 aliphatic heterocycles. The summed E-state index contributed by atoms with van der Waals surface area (Å²) < 4.78 is 8.77. The van der Waals surface area contributed by atoms with Gasteiger partial charge in [-0.15, -0.1) is 0 Å². The molecule has 0 aliphatic rings. The first-order valence-corrected chi connectivity index (χ1v) is 7.41. The van der Waals surface area contributed by atoms with E-state index in [0.29, 0.717) is 20.5 Å². The van der Waals surface area contributed by atoms with E-state index in [1.165, 1.54) is 12.4 Å². The predicted octanol–water partition coefficient (Wildman–Crippen LogP) is 3.02. The number of carboxylic acid groups (broad SMARTS) is 1. The minimum Gasteiger partial charge on any atom is -0.483 e. The Bertz CT molecular complexity index is 675. The van der Waals surface area contributed by atoms with Gasteiger partial charge in [-0.05, 0) is 55.6 Å². The average molecular weight is 417 g/mol. The second-order valence-corrected chi connectivity index (χ2v) is 5.78. The van der Waals surface area contributed by atoms with Crippen LogP contribution in [0.25, 0.3) is 6.08 Å². The van der Waals surface area contributed by atoms with E-state index in [2.05, 4.69) is 41.9 Å². The lowest BCUT2D eigenvalue weighted by Gasteiger charge is -2.10. The molecule has 1 aromatic heterocycles. The topological polar surface area (TPSA) is 77.2 Å². The summed E-state index contributed by atoms with van der Waals surface area (Å²) in [6.45, 7) is 0.276. The summed E-state index contributed by atoms with van der Waals surface area (Å²) in [5.41, 5.74) is 0.738. The number of ether oxygens (including phenoxy) is 1. The first-order chi connectivity index (χ1) is 9.97. The van der Waals surface area contributed by atoms with Gasteiger partial charge in [-0.2, -0.15) is 5.10 Å². The Morgan fingerprint density at radius 3 is 2.62 bits per heavy atom. The van der Waals surface area contributed by atoms with Gasteiger partial charge in [0.25, 0.3) is 0 Å². The third kappa shape index (κ3) is 4.15. The van der Waals surface area contributed by atoms with Crippen molar-refractivity contribution in [3.05, 3.63) is 44.9 Å². The highest BCUT2D eigenvalue weighted by Gasteiger charge is 2.10. The van der Waals surface area contributed by atoms with Crippen molar-refractivity contribution in [2.24, 2.45) is 7.05 Å². The highest BCUT2D eigenvalue weighted by molar-refractivity contribution is 9.11. The Labute approximate surface area is 137 Å². The van der Waals surface area contributed by atoms with Gasteiger partial charge in [0.1, 0.15) is 18.7 Å². The van der Waals surface area contributed by atoms with Crippen molar-refractivity contribution < 1.29 is 14.6 Å². The molecule has 2 rings (SSSR count). The van der Waals surface area contributed by atoms with Crippen LogP contribution in [0.15, 0.2) is 33.5 Å². The van der Waals surface area contributed by atoms with Gasteiger partial charge < -0.3 is 9.84 Å². The van der Waals surface area contributed by atoms with Crippen LogP contribution in [-0.2, 0) is 18.4 Å². The van der Waals surface area contributed by atoms with Crippen molar-refractivity contribution in [3.63, 3.8) is 0 Å². The lowest BCUT2D eigenvalue weighted by atomic mass is 10.2. The molecule has 1 N–H and O–H groups in total. The first-order valence-electron chi connectivity index (χ1n) is 5.83. The molecule has 0 fully saturated rings. The van der Waals surface area contributed by atoms with Gasteiger partial charge in [-0.1, -0.05) is 0 Å². The molecule has 0 radical (unpaired) electrons. The van der Waals surface area contributed by atoms with E-state index in [1.807, 2.05) is 0 Å². The number of aryl methyl sites for hydroxylation is 1. The Morgan fingerprint density at radius 1 is 1.43 bits per heavy atom. The summed E-state index contributed by atoms with van der Waals surface area (Å²) in [5.74, 6) is 0.318. The zero-order valence-corrected chi connectivity index (χ0v) is 14.1. The van der Waals surface area contributed by atoms with Crippen molar-refractivity contribution >= 4 is 43.9 Å². The molecular formula is C13H11Br2N3O3. The molecule has 21 heavy (non-hydrogen) atoms. The van der Waals surface area contributed by atoms with Crippen LogP contribution in [0.2, 0.25) is 0 Å². The minimum atomic E-state index is -0.996. The maximum Gasteiger partial charge on any atom is 0.328 e. The number of hydrogen-bond acceptors (Lipinski definition) is 4. The average Bonchev–Trinajstić information content (AvgIpc) is 2.81. The summed E-state index contributed by atoms with van der Waals surface area (Å²) in [6, 6.07) is 3.55. The van der Waals surface area contributed by atoms with Crippen LogP contribution in [0.5, 0.6) is 5.75 Å². The molecule has 6 nitrogen and oxygen atoms in total. The largest absolute Gasteiger partial charge is 0.483 e. The number of aromatic nitrogens is 3. The smallest absolute Gasteiger partial charge is 0.328 e. The molecule has 0 aliphatic carbocycles. The van der Waals surface area contributed by atoms with Crippen LogP contribution in [-0.4, -0.2) is 25.8 Å². The van der Waals surface area contributed by atoms with Crippen molar-refractivity contribution in [1.29, 1.82) is 0 Å². The molecule has 2 aromatic rings. The third-order valence-electron chi connectivity index (χ3n) is 2.59. The van der Waals surface area contributed by atoms with E-state index in [4.69, 9.17) is 9.84 Å². The van der Waals surface area contributed by atoms with Gasteiger partial charge in [0.2, 0.25) is 0 Å². The van der Waals surface area contributed by atoms with Crippen LogP contribution >= 0.6 is 31.9 Å². The van der Waals surface area contributed by atoms with E-state index >= 15 is 0 Å². The number of nitrogens with zero attached hydrogens (tertiary/aromatic N) is 3. The summed E-state index contributed by atoms with van der Waals surface area (Å²) in [5, 5.41) is 12.6. The second-order valence-electron chi connectivity index (χ2n) is 4.07. The number of benzene rings is 1. The quantitative estimate of drug-likeness (QED) is 0.758. The number of aliphatic carboxylic acids is 1. The van der Waals surface area contributed by atoms with E-state index in [9.17, 15) is 4.79 Å². The predicted molar refractivity (Wildman–Crippen MR) is 83.8 cm³/mol.